The lowest BCUT2D eigenvalue weighted by Crippen LogP contribution is -2.48. The maximum atomic E-state index is 13.2. The number of carbonyl (C=O) groups is 1. The van der Waals surface area contributed by atoms with E-state index < -0.39 is 6.23 Å². The van der Waals surface area contributed by atoms with E-state index in [1.54, 1.807) is 4.90 Å². The van der Waals surface area contributed by atoms with Crippen LogP contribution in [0.1, 0.15) is 24.8 Å². The van der Waals surface area contributed by atoms with Gasteiger partial charge >= 0.3 is 0 Å². The van der Waals surface area contributed by atoms with E-state index in [9.17, 15) is 9.90 Å². The molecule has 0 spiro atoms. The van der Waals surface area contributed by atoms with Crippen molar-refractivity contribution in [3.63, 3.8) is 0 Å². The van der Waals surface area contributed by atoms with E-state index in [4.69, 9.17) is 4.74 Å². The molecule has 1 aliphatic heterocycles. The van der Waals surface area contributed by atoms with E-state index in [-0.39, 0.29) is 24.5 Å². The van der Waals surface area contributed by atoms with Crippen LogP contribution in [0.15, 0.2) is 54.6 Å². The van der Waals surface area contributed by atoms with Crippen LogP contribution in [0.2, 0.25) is 0 Å². The maximum absolute atomic E-state index is 13.2. The standard InChI is InChI=1S/C21H24N2O3/c24-20-13-23(18-11-5-4-10-17(18)22-20)21(25)16-9-6-12-19(16)26-14-15-7-2-1-3-8-15/h1-5,7-8,10-11,16,19-20,22,24H,6,9,12-14H2. The first-order chi connectivity index (χ1) is 12.7. The van der Waals surface area contributed by atoms with Crippen LogP contribution in [0.4, 0.5) is 11.4 Å². The minimum Gasteiger partial charge on any atom is -0.373 e. The summed E-state index contributed by atoms with van der Waals surface area (Å²) >= 11 is 0. The number of aliphatic hydroxyl groups excluding tert-OH is 1. The molecule has 3 atom stereocenters. The van der Waals surface area contributed by atoms with Crippen LogP contribution in [0.25, 0.3) is 0 Å². The van der Waals surface area contributed by atoms with Gasteiger partial charge in [-0.25, -0.2) is 0 Å². The van der Waals surface area contributed by atoms with Gasteiger partial charge < -0.3 is 20.1 Å². The first-order valence-corrected chi connectivity index (χ1v) is 9.23. The van der Waals surface area contributed by atoms with Gasteiger partial charge in [-0.15, -0.1) is 0 Å². The minimum atomic E-state index is -0.751. The third kappa shape index (κ3) is 3.45. The van der Waals surface area contributed by atoms with E-state index in [2.05, 4.69) is 5.32 Å². The summed E-state index contributed by atoms with van der Waals surface area (Å²) in [7, 11) is 0. The highest BCUT2D eigenvalue weighted by atomic mass is 16.5. The SMILES string of the molecule is O=C(C1CCCC1OCc1ccccc1)N1CC(O)Nc2ccccc21. The number of benzene rings is 2. The van der Waals surface area contributed by atoms with Gasteiger partial charge in [0.25, 0.3) is 0 Å². The summed E-state index contributed by atoms with van der Waals surface area (Å²) in [6.07, 6.45) is 1.91. The number of fused-ring (bicyclic) bond motifs is 1. The van der Waals surface area contributed by atoms with Gasteiger partial charge in [0.2, 0.25) is 5.91 Å². The minimum absolute atomic E-state index is 0.0496. The Morgan fingerprint density at radius 3 is 2.73 bits per heavy atom. The molecule has 0 saturated heterocycles. The van der Waals surface area contributed by atoms with Crippen molar-refractivity contribution in [3.8, 4) is 0 Å². The van der Waals surface area contributed by atoms with Crippen molar-refractivity contribution in [3.05, 3.63) is 60.2 Å². The van der Waals surface area contributed by atoms with Crippen molar-refractivity contribution in [2.75, 3.05) is 16.8 Å². The van der Waals surface area contributed by atoms with Gasteiger partial charge in [-0.1, -0.05) is 42.5 Å². The molecule has 1 saturated carbocycles. The smallest absolute Gasteiger partial charge is 0.232 e. The molecule has 26 heavy (non-hydrogen) atoms. The molecule has 1 amide bonds. The van der Waals surface area contributed by atoms with E-state index >= 15 is 0 Å². The third-order valence-electron chi connectivity index (χ3n) is 5.22. The number of anilines is 2. The van der Waals surface area contributed by atoms with E-state index in [1.165, 1.54) is 0 Å². The summed E-state index contributed by atoms with van der Waals surface area (Å²) in [6, 6.07) is 17.7. The summed E-state index contributed by atoms with van der Waals surface area (Å²) < 4.78 is 6.10. The number of hydrogen-bond acceptors (Lipinski definition) is 4. The van der Waals surface area contributed by atoms with Crippen LogP contribution in [0.5, 0.6) is 0 Å². The van der Waals surface area contributed by atoms with Gasteiger partial charge in [-0.05, 0) is 37.0 Å². The molecule has 4 rings (SSSR count). The number of rotatable bonds is 4. The maximum Gasteiger partial charge on any atom is 0.232 e. The second kappa shape index (κ2) is 7.48. The summed E-state index contributed by atoms with van der Waals surface area (Å²) in [5, 5.41) is 13.1. The van der Waals surface area contributed by atoms with Crippen molar-refractivity contribution in [2.45, 2.75) is 38.2 Å². The van der Waals surface area contributed by atoms with E-state index in [0.29, 0.717) is 6.61 Å². The van der Waals surface area contributed by atoms with Crippen molar-refractivity contribution in [1.29, 1.82) is 0 Å². The third-order valence-corrected chi connectivity index (χ3v) is 5.22. The molecule has 0 aromatic heterocycles. The van der Waals surface area contributed by atoms with Crippen LogP contribution in [-0.2, 0) is 16.1 Å². The van der Waals surface area contributed by atoms with Crippen LogP contribution in [0, 0.1) is 5.92 Å². The Hall–Kier alpha value is -2.37. The highest BCUT2D eigenvalue weighted by Gasteiger charge is 2.39. The molecule has 1 aliphatic carbocycles. The molecule has 2 aromatic carbocycles. The fraction of sp³-hybridized carbons (Fsp3) is 0.381. The summed E-state index contributed by atoms with van der Waals surface area (Å²) in [6.45, 7) is 0.786. The highest BCUT2D eigenvalue weighted by molar-refractivity contribution is 5.99. The Bertz CT molecular complexity index is 765. The van der Waals surface area contributed by atoms with Gasteiger partial charge in [0.1, 0.15) is 6.23 Å². The Labute approximate surface area is 153 Å². The van der Waals surface area contributed by atoms with Crippen LogP contribution < -0.4 is 10.2 Å². The summed E-state index contributed by atoms with van der Waals surface area (Å²) in [5.41, 5.74) is 2.74. The Kier molecular flexibility index (Phi) is 4.91. The second-order valence-corrected chi connectivity index (χ2v) is 7.00. The number of ether oxygens (including phenoxy) is 1. The summed E-state index contributed by atoms with van der Waals surface area (Å²) in [5.74, 6) is -0.106. The molecule has 5 nitrogen and oxygen atoms in total. The van der Waals surface area contributed by atoms with Crippen molar-refractivity contribution < 1.29 is 14.6 Å². The molecule has 2 aromatic rings. The van der Waals surface area contributed by atoms with Gasteiger partial charge in [0.15, 0.2) is 0 Å². The molecule has 3 unspecified atom stereocenters. The first kappa shape index (κ1) is 17.1. The molecule has 5 heteroatoms. The number of carbonyl (C=O) groups excluding carboxylic acids is 1. The summed E-state index contributed by atoms with van der Waals surface area (Å²) in [4.78, 5) is 15.0. The zero-order chi connectivity index (χ0) is 17.9. The average Bonchev–Trinajstić information content (AvgIpc) is 3.14. The zero-order valence-corrected chi connectivity index (χ0v) is 14.7. The number of nitrogens with zero attached hydrogens (tertiary/aromatic N) is 1. The van der Waals surface area contributed by atoms with Crippen LogP contribution >= 0.6 is 0 Å². The molecule has 2 aliphatic rings. The molecule has 2 N–H and O–H groups in total. The van der Waals surface area contributed by atoms with E-state index in [1.807, 2.05) is 54.6 Å². The largest absolute Gasteiger partial charge is 0.373 e. The van der Waals surface area contributed by atoms with Crippen molar-refractivity contribution in [1.82, 2.24) is 0 Å². The Morgan fingerprint density at radius 2 is 1.88 bits per heavy atom. The van der Waals surface area contributed by atoms with Gasteiger partial charge in [0, 0.05) is 0 Å². The molecular weight excluding hydrogens is 328 g/mol. The molecule has 0 bridgehead atoms. The monoisotopic (exact) mass is 352 g/mol. The highest BCUT2D eigenvalue weighted by Crippen LogP contribution is 2.36. The topological polar surface area (TPSA) is 61.8 Å². The fourth-order valence-corrected chi connectivity index (χ4v) is 3.92. The first-order valence-electron chi connectivity index (χ1n) is 9.23. The number of amides is 1. The number of para-hydroxylation sites is 2. The number of nitrogens with one attached hydrogen (secondary N) is 1. The molecule has 1 fully saturated rings. The van der Waals surface area contributed by atoms with E-state index in [0.717, 1.165) is 36.2 Å². The van der Waals surface area contributed by atoms with Gasteiger partial charge in [0.05, 0.1) is 36.5 Å². The zero-order valence-electron chi connectivity index (χ0n) is 14.7. The predicted molar refractivity (Wildman–Crippen MR) is 101 cm³/mol. The molecule has 0 radical (unpaired) electrons. The van der Waals surface area contributed by atoms with Crippen molar-refractivity contribution in [2.24, 2.45) is 5.92 Å². The lowest BCUT2D eigenvalue weighted by Gasteiger charge is -2.35. The number of β-amino-alcohol motifs (C(OH)–C–C–N with tert-alkyl or cyclic N) is 1. The van der Waals surface area contributed by atoms with Crippen LogP contribution in [0.3, 0.4) is 0 Å². The normalized spacial score (nSPS) is 24.8. The second-order valence-electron chi connectivity index (χ2n) is 7.00. The Morgan fingerprint density at radius 1 is 1.12 bits per heavy atom. The number of hydrogen-bond donors (Lipinski definition) is 2. The number of aliphatic hydroxyl groups is 1. The average molecular weight is 352 g/mol. The lowest BCUT2D eigenvalue weighted by atomic mass is 10.0. The quantitative estimate of drug-likeness (QED) is 0.887. The Balaban J connectivity index is 1.48. The molecule has 136 valence electrons. The molecular formula is C21H24N2O3. The lowest BCUT2D eigenvalue weighted by molar-refractivity contribution is -0.127. The van der Waals surface area contributed by atoms with Crippen LogP contribution in [-0.4, -0.2) is 29.9 Å². The van der Waals surface area contributed by atoms with Gasteiger partial charge in [-0.2, -0.15) is 0 Å². The van der Waals surface area contributed by atoms with Crippen molar-refractivity contribution >= 4 is 17.3 Å². The predicted octanol–water partition coefficient (Wildman–Crippen LogP) is 3.15. The van der Waals surface area contributed by atoms with Gasteiger partial charge in [-0.3, -0.25) is 4.79 Å². The molecule has 1 heterocycles. The fourth-order valence-electron chi connectivity index (χ4n) is 3.92.